The fourth-order valence-corrected chi connectivity index (χ4v) is 3.59. The number of hydrogen-bond acceptors (Lipinski definition) is 2. The predicted molar refractivity (Wildman–Crippen MR) is 82.3 cm³/mol. The number of nitrogens with one attached hydrogen (secondary N) is 1. The molecule has 0 bridgehead atoms. The number of rotatable bonds is 1. The van der Waals surface area contributed by atoms with Crippen LogP contribution < -0.4 is 4.90 Å². The number of aromatic amines is 1. The van der Waals surface area contributed by atoms with Crippen LogP contribution in [0.25, 0.3) is 10.9 Å². The van der Waals surface area contributed by atoms with E-state index in [2.05, 4.69) is 11.1 Å². The molecule has 2 aromatic carbocycles. The van der Waals surface area contributed by atoms with E-state index in [1.807, 2.05) is 47.4 Å². The van der Waals surface area contributed by atoms with Crippen molar-refractivity contribution in [3.63, 3.8) is 0 Å². The first kappa shape index (κ1) is 11.6. The molecule has 0 radical (unpaired) electrons. The fraction of sp³-hybridized carbons (Fsp3) is 0.0625. The number of anilines is 1. The SMILES string of the molecule is O=C(c1c[nH]c2ccccc12)N1CSc2ccccc21. The molecule has 1 aromatic heterocycles. The Morgan fingerprint density at radius 3 is 2.85 bits per heavy atom. The molecule has 0 aliphatic carbocycles. The van der Waals surface area contributed by atoms with E-state index in [-0.39, 0.29) is 5.91 Å². The van der Waals surface area contributed by atoms with Gasteiger partial charge in [-0.3, -0.25) is 9.69 Å². The van der Waals surface area contributed by atoms with Crippen molar-refractivity contribution in [2.24, 2.45) is 0 Å². The normalized spacial score (nSPS) is 13.7. The summed E-state index contributed by atoms with van der Waals surface area (Å²) in [6.45, 7) is 0. The number of hydrogen-bond donors (Lipinski definition) is 1. The van der Waals surface area contributed by atoms with Gasteiger partial charge in [-0.15, -0.1) is 11.8 Å². The van der Waals surface area contributed by atoms with Crippen LogP contribution in [0.5, 0.6) is 0 Å². The van der Waals surface area contributed by atoms with Gasteiger partial charge in [0.05, 0.1) is 17.1 Å². The van der Waals surface area contributed by atoms with Crippen molar-refractivity contribution >= 4 is 34.3 Å². The first-order valence-electron chi connectivity index (χ1n) is 6.44. The summed E-state index contributed by atoms with van der Waals surface area (Å²) in [5, 5.41) is 0.979. The van der Waals surface area contributed by atoms with Gasteiger partial charge < -0.3 is 4.98 Å². The molecular formula is C16H12N2OS. The second-order valence-electron chi connectivity index (χ2n) is 4.72. The van der Waals surface area contributed by atoms with Gasteiger partial charge >= 0.3 is 0 Å². The van der Waals surface area contributed by atoms with Gasteiger partial charge in [0.25, 0.3) is 5.91 Å². The van der Waals surface area contributed by atoms with Crippen molar-refractivity contribution in [3.8, 4) is 0 Å². The highest BCUT2D eigenvalue weighted by Gasteiger charge is 2.27. The molecule has 3 nitrogen and oxygen atoms in total. The number of para-hydroxylation sites is 2. The van der Waals surface area contributed by atoms with E-state index < -0.39 is 0 Å². The van der Waals surface area contributed by atoms with E-state index in [4.69, 9.17) is 0 Å². The van der Waals surface area contributed by atoms with E-state index in [1.54, 1.807) is 18.0 Å². The van der Waals surface area contributed by atoms with Crippen LogP contribution in [0.2, 0.25) is 0 Å². The summed E-state index contributed by atoms with van der Waals surface area (Å²) in [7, 11) is 0. The van der Waals surface area contributed by atoms with Crippen molar-refractivity contribution in [2.45, 2.75) is 4.90 Å². The van der Waals surface area contributed by atoms with Gasteiger partial charge in [0.15, 0.2) is 0 Å². The number of benzene rings is 2. The third kappa shape index (κ3) is 1.65. The predicted octanol–water partition coefficient (Wildman–Crippen LogP) is 3.88. The van der Waals surface area contributed by atoms with E-state index in [9.17, 15) is 4.79 Å². The molecule has 0 unspecified atom stereocenters. The van der Waals surface area contributed by atoms with Gasteiger partial charge in [-0.2, -0.15) is 0 Å². The first-order chi connectivity index (χ1) is 9.84. The number of carbonyl (C=O) groups is 1. The topological polar surface area (TPSA) is 36.1 Å². The lowest BCUT2D eigenvalue weighted by Gasteiger charge is -2.15. The van der Waals surface area contributed by atoms with Crippen LogP contribution in [-0.4, -0.2) is 16.8 Å². The molecule has 1 aliphatic rings. The number of amides is 1. The standard InChI is InChI=1S/C16H12N2OS/c19-16(12-9-17-13-6-2-1-5-11(12)13)18-10-20-15-8-4-3-7-14(15)18/h1-9,17H,10H2. The van der Waals surface area contributed by atoms with E-state index in [0.29, 0.717) is 5.88 Å². The summed E-state index contributed by atoms with van der Waals surface area (Å²) in [6, 6.07) is 15.9. The van der Waals surface area contributed by atoms with Crippen LogP contribution >= 0.6 is 11.8 Å². The molecule has 3 aromatic rings. The van der Waals surface area contributed by atoms with Crippen LogP contribution in [0.3, 0.4) is 0 Å². The van der Waals surface area contributed by atoms with Gasteiger partial charge in [-0.05, 0) is 18.2 Å². The molecule has 4 rings (SSSR count). The molecule has 20 heavy (non-hydrogen) atoms. The molecule has 0 fully saturated rings. The minimum absolute atomic E-state index is 0.0555. The van der Waals surface area contributed by atoms with Crippen molar-refractivity contribution < 1.29 is 4.79 Å². The highest BCUT2D eigenvalue weighted by Crippen LogP contribution is 2.39. The zero-order chi connectivity index (χ0) is 13.5. The third-order valence-electron chi connectivity index (χ3n) is 3.57. The lowest BCUT2D eigenvalue weighted by molar-refractivity contribution is 0.0993. The number of H-pyrrole nitrogens is 1. The highest BCUT2D eigenvalue weighted by atomic mass is 32.2. The van der Waals surface area contributed by atoms with Crippen molar-refractivity contribution in [1.82, 2.24) is 4.98 Å². The summed E-state index contributed by atoms with van der Waals surface area (Å²) in [5.41, 5.74) is 2.74. The zero-order valence-corrected chi connectivity index (χ0v) is 11.5. The Labute approximate surface area is 120 Å². The molecule has 98 valence electrons. The van der Waals surface area contributed by atoms with Crippen LogP contribution in [0.1, 0.15) is 10.4 Å². The van der Waals surface area contributed by atoms with Crippen molar-refractivity contribution in [2.75, 3.05) is 10.8 Å². The molecule has 0 atom stereocenters. The minimum atomic E-state index is 0.0555. The summed E-state index contributed by atoms with van der Waals surface area (Å²) < 4.78 is 0. The van der Waals surface area contributed by atoms with Gasteiger partial charge in [0.2, 0.25) is 0 Å². The van der Waals surface area contributed by atoms with E-state index in [1.165, 1.54) is 4.90 Å². The van der Waals surface area contributed by atoms with Crippen LogP contribution in [0.15, 0.2) is 59.6 Å². The Hall–Kier alpha value is -2.20. The average Bonchev–Trinajstić information content (AvgIpc) is 3.11. The number of aromatic nitrogens is 1. The maximum atomic E-state index is 12.8. The second-order valence-corrected chi connectivity index (χ2v) is 5.71. The Kier molecular flexibility index (Phi) is 2.57. The molecule has 1 amide bonds. The van der Waals surface area contributed by atoms with E-state index in [0.717, 1.165) is 22.2 Å². The molecule has 0 saturated heterocycles. The summed E-state index contributed by atoms with van der Waals surface area (Å²) in [5.74, 6) is 0.734. The van der Waals surface area contributed by atoms with Crippen LogP contribution in [0.4, 0.5) is 5.69 Å². The Morgan fingerprint density at radius 2 is 1.90 bits per heavy atom. The van der Waals surface area contributed by atoms with Crippen molar-refractivity contribution in [3.05, 3.63) is 60.3 Å². The quantitative estimate of drug-likeness (QED) is 0.734. The lowest BCUT2D eigenvalue weighted by Crippen LogP contribution is -2.27. The molecule has 1 N–H and O–H groups in total. The van der Waals surface area contributed by atoms with Gasteiger partial charge in [-0.25, -0.2) is 0 Å². The largest absolute Gasteiger partial charge is 0.360 e. The summed E-state index contributed by atoms with van der Waals surface area (Å²) >= 11 is 1.70. The van der Waals surface area contributed by atoms with Crippen molar-refractivity contribution in [1.29, 1.82) is 0 Å². The Morgan fingerprint density at radius 1 is 1.10 bits per heavy atom. The summed E-state index contributed by atoms with van der Waals surface area (Å²) in [6.07, 6.45) is 1.80. The lowest BCUT2D eigenvalue weighted by atomic mass is 10.1. The van der Waals surface area contributed by atoms with Gasteiger partial charge in [-0.1, -0.05) is 30.3 Å². The third-order valence-corrected chi connectivity index (χ3v) is 4.61. The number of fused-ring (bicyclic) bond motifs is 2. The first-order valence-corrected chi connectivity index (χ1v) is 7.43. The summed E-state index contributed by atoms with van der Waals surface area (Å²) in [4.78, 5) is 18.9. The number of thioether (sulfide) groups is 1. The van der Waals surface area contributed by atoms with Crippen LogP contribution in [0, 0.1) is 0 Å². The zero-order valence-electron chi connectivity index (χ0n) is 10.7. The maximum absolute atomic E-state index is 12.8. The molecule has 4 heteroatoms. The van der Waals surface area contributed by atoms with E-state index >= 15 is 0 Å². The number of carbonyl (C=O) groups excluding carboxylic acids is 1. The Balaban J connectivity index is 1.79. The van der Waals surface area contributed by atoms with Crippen LogP contribution in [-0.2, 0) is 0 Å². The fourth-order valence-electron chi connectivity index (χ4n) is 2.57. The average molecular weight is 280 g/mol. The van der Waals surface area contributed by atoms with Gasteiger partial charge in [0.1, 0.15) is 0 Å². The van der Waals surface area contributed by atoms with Gasteiger partial charge in [0, 0.05) is 22.0 Å². The smallest absolute Gasteiger partial charge is 0.261 e. The maximum Gasteiger partial charge on any atom is 0.261 e. The minimum Gasteiger partial charge on any atom is -0.360 e. The molecule has 0 spiro atoms. The molecule has 2 heterocycles. The molecule has 1 aliphatic heterocycles. The second kappa shape index (κ2) is 4.42. The monoisotopic (exact) mass is 280 g/mol. The molecular weight excluding hydrogens is 268 g/mol. The molecule has 0 saturated carbocycles. The highest BCUT2D eigenvalue weighted by molar-refractivity contribution is 8.00. The number of nitrogens with zero attached hydrogens (tertiary/aromatic N) is 1. The Bertz CT molecular complexity index is 809.